The summed E-state index contributed by atoms with van der Waals surface area (Å²) in [5.41, 5.74) is -0.987. The van der Waals surface area contributed by atoms with Crippen molar-refractivity contribution in [2.75, 3.05) is 205 Å². The molecule has 2 rings (SSSR count). The number of nitrogens with one attached hydrogen (secondary N) is 4. The van der Waals surface area contributed by atoms with E-state index in [1.54, 1.807) is 24.3 Å². The Morgan fingerprint density at radius 1 is 0.374 bits per heavy atom. The quantitative estimate of drug-likeness (QED) is 0.0135. The van der Waals surface area contributed by atoms with Crippen LogP contribution in [0, 0.1) is 103 Å². The average Bonchev–Trinajstić information content (AvgIpc) is 0.827. The van der Waals surface area contributed by atoms with Gasteiger partial charge in [0.05, 0.1) is 125 Å². The molecule has 1 atom stereocenters. The number of nitriles is 1. The molecule has 0 aliphatic heterocycles. The Morgan fingerprint density at radius 2 is 0.655 bits per heavy atom. The van der Waals surface area contributed by atoms with Gasteiger partial charge >= 0.3 is 8.53 Å². The SMILES string of the molecule is C#CCOCCOCCCC(=O)CCC(CCC(=O)NCCOCCOCC#C)(CCC(=O)NCCOCCOCC#C)CC(=O)c1ccc(O)cc1.C#CCOCCOCCCC(=O)CCC(CCC(=O)NCCOCCOCC#C)(CCC(=O)NCCOCCOCC#C)CC(=O)c1ccc(OP(OCCC#N)N(C(C)C)C(C)C)cc1.[C-]#[N+]CCOP(N(C(C)C)C(C)C)N(C(C)C)C(C)C. The van der Waals surface area contributed by atoms with E-state index in [1.165, 1.54) is 24.3 Å². The third kappa shape index (κ3) is 68.0. The summed E-state index contributed by atoms with van der Waals surface area (Å²) in [5.74, 6) is 13.3. The van der Waals surface area contributed by atoms with Crippen LogP contribution in [0.2, 0.25) is 0 Å². The van der Waals surface area contributed by atoms with Gasteiger partial charge in [-0.1, -0.05) is 35.5 Å². The fourth-order valence-corrected chi connectivity index (χ4v) is 18.0. The lowest BCUT2D eigenvalue weighted by molar-refractivity contribution is -0.124. The number of phenolic OH excluding ortho intramolecular Hbond substituents is 1. The number of benzene rings is 2. The second-order valence-electron chi connectivity index (χ2n) is 33.9. The van der Waals surface area contributed by atoms with E-state index in [2.05, 4.69) is 137 Å². The minimum absolute atomic E-state index is 0.00603. The molecule has 776 valence electrons. The minimum Gasteiger partial charge on any atom is -0.508 e. The summed E-state index contributed by atoms with van der Waals surface area (Å²) in [4.78, 5) is 110. The van der Waals surface area contributed by atoms with E-state index in [4.69, 9.17) is 121 Å². The van der Waals surface area contributed by atoms with Crippen molar-refractivity contribution in [3.63, 3.8) is 0 Å². The summed E-state index contributed by atoms with van der Waals surface area (Å²) in [6.07, 6.45) is 34.8. The summed E-state index contributed by atoms with van der Waals surface area (Å²) in [6, 6.07) is 16.7. The Kier molecular flexibility index (Phi) is 80.4. The number of aromatic hydroxyl groups is 1. The number of ether oxygens (including phenoxy) is 12. The molecule has 2 aromatic carbocycles. The normalized spacial score (nSPS) is 11.5. The number of Topliss-reactive ketones (excluding diaryl/α,β-unsaturated/α-hetero) is 4. The number of phenols is 1. The topological polar surface area (TPSA) is 381 Å². The fourth-order valence-electron chi connectivity index (χ4n) is 14.1. The third-order valence-corrected chi connectivity index (χ3v) is 25.8. The molecule has 0 heterocycles. The van der Waals surface area contributed by atoms with Crippen molar-refractivity contribution >= 4 is 63.7 Å². The van der Waals surface area contributed by atoms with Gasteiger partial charge < -0.3 is 102 Å². The van der Waals surface area contributed by atoms with Crippen LogP contribution in [0.15, 0.2) is 48.5 Å². The van der Waals surface area contributed by atoms with Crippen molar-refractivity contribution in [3.05, 3.63) is 71.1 Å². The molecule has 0 saturated carbocycles. The zero-order valence-electron chi connectivity index (χ0n) is 84.9. The summed E-state index contributed by atoms with van der Waals surface area (Å²) in [6.45, 7) is 42.0. The number of carbonyl (C=O) groups excluding carboxylic acids is 8. The Hall–Kier alpha value is -8.88. The molecule has 0 fully saturated rings. The maximum Gasteiger partial charge on any atom is 0.321 e. The van der Waals surface area contributed by atoms with Gasteiger partial charge in [-0.2, -0.15) is 5.26 Å². The van der Waals surface area contributed by atoms with E-state index in [-0.39, 0.29) is 266 Å². The zero-order chi connectivity index (χ0) is 103. The number of terminal acetylenes is 6. The lowest BCUT2D eigenvalue weighted by Gasteiger charge is -2.45. The molecule has 2 aromatic rings. The Bertz CT molecular complexity index is 3740. The van der Waals surface area contributed by atoms with Crippen molar-refractivity contribution in [1.29, 1.82) is 5.26 Å². The van der Waals surface area contributed by atoms with E-state index in [1.807, 2.05) is 27.7 Å². The Labute approximate surface area is 833 Å². The number of ketones is 4. The summed E-state index contributed by atoms with van der Waals surface area (Å²) >= 11 is 0. The molecular weight excluding hydrogens is 1820 g/mol. The summed E-state index contributed by atoms with van der Waals surface area (Å²) < 4.78 is 89.7. The predicted molar refractivity (Wildman–Crippen MR) is 540 cm³/mol. The van der Waals surface area contributed by atoms with Crippen LogP contribution in [0.25, 0.3) is 4.85 Å². The largest absolute Gasteiger partial charge is 0.508 e. The van der Waals surface area contributed by atoms with Crippen LogP contribution in [0.3, 0.4) is 0 Å². The van der Waals surface area contributed by atoms with Crippen molar-refractivity contribution in [3.8, 4) is 91.6 Å². The first-order valence-electron chi connectivity index (χ1n) is 48.1. The first-order chi connectivity index (χ1) is 66.9. The molecule has 0 saturated heterocycles. The number of rotatable bonds is 85. The van der Waals surface area contributed by atoms with Gasteiger partial charge in [0.15, 0.2) is 20.0 Å². The second kappa shape index (κ2) is 85.9. The smallest absolute Gasteiger partial charge is 0.321 e. The number of carbonyl (C=O) groups is 8. The summed E-state index contributed by atoms with van der Waals surface area (Å²) in [5, 5.41) is 30.3. The van der Waals surface area contributed by atoms with Gasteiger partial charge in [0.1, 0.15) is 69.3 Å². The van der Waals surface area contributed by atoms with Crippen molar-refractivity contribution in [1.82, 2.24) is 35.3 Å². The summed E-state index contributed by atoms with van der Waals surface area (Å²) in [7, 11) is -2.41. The highest BCUT2D eigenvalue weighted by atomic mass is 31.2. The number of hydrogen-bond donors (Lipinski definition) is 5. The highest BCUT2D eigenvalue weighted by Gasteiger charge is 2.39. The van der Waals surface area contributed by atoms with Crippen LogP contribution in [0.5, 0.6) is 11.5 Å². The molecule has 5 N–H and O–H groups in total. The van der Waals surface area contributed by atoms with Crippen LogP contribution in [-0.4, -0.2) is 307 Å². The van der Waals surface area contributed by atoms with Crippen LogP contribution < -0.4 is 25.8 Å². The lowest BCUT2D eigenvalue weighted by Crippen LogP contribution is -2.43. The fraction of sp³-hybridized carbons (Fsp3) is 0.673. The van der Waals surface area contributed by atoms with E-state index >= 15 is 0 Å². The third-order valence-electron chi connectivity index (χ3n) is 20.7. The molecule has 0 aromatic heterocycles. The highest BCUT2D eigenvalue weighted by Crippen LogP contribution is 2.51. The van der Waals surface area contributed by atoms with Crippen molar-refractivity contribution in [2.24, 2.45) is 10.8 Å². The van der Waals surface area contributed by atoms with E-state index in [0.29, 0.717) is 166 Å². The lowest BCUT2D eigenvalue weighted by atomic mass is 9.70. The first kappa shape index (κ1) is 130. The van der Waals surface area contributed by atoms with Gasteiger partial charge in [0, 0.05) is 151 Å². The van der Waals surface area contributed by atoms with Crippen LogP contribution >= 0.6 is 17.0 Å². The van der Waals surface area contributed by atoms with E-state index in [0.717, 1.165) is 0 Å². The van der Waals surface area contributed by atoms with Gasteiger partial charge in [-0.3, -0.25) is 38.4 Å². The predicted octanol–water partition coefficient (Wildman–Crippen LogP) is 13.1. The molecule has 4 amide bonds. The molecule has 139 heavy (non-hydrogen) atoms. The molecule has 0 radical (unpaired) electrons. The van der Waals surface area contributed by atoms with Gasteiger partial charge in [-0.05, 0) is 194 Å². The Balaban J connectivity index is 0.00000232. The molecule has 0 spiro atoms. The highest BCUT2D eigenvalue weighted by molar-refractivity contribution is 7.47. The van der Waals surface area contributed by atoms with Gasteiger partial charge in [0.25, 0.3) is 0 Å². The molecule has 0 aliphatic carbocycles. The number of nitrogens with zero attached hydrogens (tertiary/aromatic N) is 5. The van der Waals surface area contributed by atoms with Crippen molar-refractivity contribution < 1.29 is 114 Å². The van der Waals surface area contributed by atoms with Crippen LogP contribution in [-0.2, 0) is 94.7 Å². The second-order valence-corrected chi connectivity index (χ2v) is 37.0. The van der Waals surface area contributed by atoms with Gasteiger partial charge in [0.2, 0.25) is 30.2 Å². The van der Waals surface area contributed by atoms with Crippen LogP contribution in [0.1, 0.15) is 226 Å². The van der Waals surface area contributed by atoms with Crippen molar-refractivity contribution in [2.45, 2.75) is 241 Å². The molecule has 33 nitrogen and oxygen atoms in total. The molecule has 0 bridgehead atoms. The molecular formula is C104H161N9O24P2. The van der Waals surface area contributed by atoms with Gasteiger partial charge in [-0.25, -0.2) is 20.6 Å². The minimum atomic E-state index is -1.57. The average molecular weight is 1980 g/mol. The van der Waals surface area contributed by atoms with E-state index < -0.39 is 27.8 Å². The number of hydrogen-bond acceptors (Lipinski definition) is 28. The van der Waals surface area contributed by atoms with E-state index in [9.17, 15) is 43.5 Å². The number of amides is 4. The first-order valence-corrected chi connectivity index (χ1v) is 50.4. The monoisotopic (exact) mass is 1980 g/mol. The molecule has 35 heteroatoms. The van der Waals surface area contributed by atoms with Crippen LogP contribution in [0.4, 0.5) is 0 Å². The Morgan fingerprint density at radius 3 is 0.935 bits per heavy atom. The molecule has 0 aliphatic rings. The maximum absolute atomic E-state index is 14.3. The van der Waals surface area contributed by atoms with Gasteiger partial charge in [-0.15, -0.1) is 38.5 Å². The molecule has 1 unspecified atom stereocenters. The standard InChI is InChI=1S/C49H73N4O12P.C40H56N2O11.C15H32N3OP/c1-8-27-58-34-37-61-30-11-13-44(54)18-21-49(22-19-47(56)51-25-32-62-38-35-59-28-9-2,23-20-48(57)52-26-33-63-39-36-60-29-10-3)40-46(55)43-14-16-45(17-15-43)65-66(64-31-12-24-50)53(41(4)5)42(6)7;1-4-21-48-27-30-51-24-7-8-35(43)13-16-40(33-37(45)34-9-11-36(44)12-10-34,17-14-38(46)41-19-25-52-31-28-49-22-5-2)18-15-39(47)42-20-26-53-32-29-50-23-6-3;1-12(2)17(13(3)4)20(19-11-10-16-9)18(14(5)6)15(7)8/h1-3,14-17,41-42H,11-13,18-23,25-40H2,4-7H3,(H,51,56)(H,52,57);1-3,9-12,44H,7-8,13-33H2,(H,41,46)(H,42,47);12-15H,10-11H2,1-8H3. The maximum atomic E-state index is 14.3. The zero-order valence-corrected chi connectivity index (χ0v) is 86.7.